The molecule has 1 aliphatic rings. The maximum absolute atomic E-state index is 12.5. The first-order valence-electron chi connectivity index (χ1n) is 8.18. The molecule has 0 aromatic carbocycles. The molecule has 0 bridgehead atoms. The minimum absolute atomic E-state index is 0.153. The van der Waals surface area contributed by atoms with Gasteiger partial charge in [-0.25, -0.2) is 4.98 Å². The lowest BCUT2D eigenvalue weighted by molar-refractivity contribution is -0.145. The molecule has 11 heteroatoms. The summed E-state index contributed by atoms with van der Waals surface area (Å²) >= 11 is 0. The lowest BCUT2D eigenvalue weighted by Crippen LogP contribution is -2.40. The molecule has 2 aromatic heterocycles. The quantitative estimate of drug-likeness (QED) is 0.771. The van der Waals surface area contributed by atoms with Gasteiger partial charge in [-0.15, -0.1) is 0 Å². The minimum Gasteiger partial charge on any atom is -0.340 e. The highest BCUT2D eigenvalue weighted by molar-refractivity contribution is 5.77. The van der Waals surface area contributed by atoms with E-state index in [2.05, 4.69) is 10.1 Å². The van der Waals surface area contributed by atoms with Gasteiger partial charge in [-0.2, -0.15) is 18.3 Å². The molecule has 0 spiro atoms. The molecule has 0 aliphatic carbocycles. The second kappa shape index (κ2) is 7.06. The summed E-state index contributed by atoms with van der Waals surface area (Å²) in [6.45, 7) is -0.171. The summed E-state index contributed by atoms with van der Waals surface area (Å²) in [5.74, 6) is -0.314. The topological polar surface area (TPSA) is 76.3 Å². The normalized spacial score (nSPS) is 16.8. The number of rotatable bonds is 3. The lowest BCUT2D eigenvalue weighted by Gasteiger charge is -2.23. The largest absolute Gasteiger partial charge is 0.401 e. The smallest absolute Gasteiger partial charge is 0.340 e. The van der Waals surface area contributed by atoms with Crippen LogP contribution in [-0.4, -0.2) is 73.9 Å². The van der Waals surface area contributed by atoms with Crippen molar-refractivity contribution in [2.45, 2.75) is 19.1 Å². The average molecular weight is 372 g/mol. The summed E-state index contributed by atoms with van der Waals surface area (Å²) in [5, 5.41) is 4.28. The van der Waals surface area contributed by atoms with Gasteiger partial charge in [0.25, 0.3) is 5.56 Å². The van der Waals surface area contributed by atoms with E-state index in [1.165, 1.54) is 31.6 Å². The molecule has 1 aliphatic heterocycles. The maximum atomic E-state index is 12.5. The molecule has 0 radical (unpaired) electrons. The Balaban J connectivity index is 1.67. The van der Waals surface area contributed by atoms with Crippen molar-refractivity contribution in [1.82, 2.24) is 29.1 Å². The first-order chi connectivity index (χ1) is 12.2. The number of aryl methyl sites for hydroxylation is 1. The van der Waals surface area contributed by atoms with Gasteiger partial charge >= 0.3 is 6.18 Å². The Kier molecular flexibility index (Phi) is 4.99. The molecule has 2 aromatic rings. The number of alkyl halides is 3. The van der Waals surface area contributed by atoms with Crippen molar-refractivity contribution >= 4 is 16.9 Å². The van der Waals surface area contributed by atoms with Crippen LogP contribution in [0.15, 0.2) is 17.3 Å². The van der Waals surface area contributed by atoms with Crippen LogP contribution < -0.4 is 5.56 Å². The molecule has 0 atom stereocenters. The molecule has 1 fully saturated rings. The number of nitrogens with zero attached hydrogens (tertiary/aromatic N) is 6. The van der Waals surface area contributed by atoms with Gasteiger partial charge in [0.05, 0.1) is 12.7 Å². The molecule has 142 valence electrons. The third kappa shape index (κ3) is 4.03. The Bertz CT molecular complexity index is 859. The molecule has 8 nitrogen and oxygen atoms in total. The van der Waals surface area contributed by atoms with Crippen molar-refractivity contribution in [3.63, 3.8) is 0 Å². The van der Waals surface area contributed by atoms with Gasteiger partial charge in [0.1, 0.15) is 18.3 Å². The third-order valence-electron chi connectivity index (χ3n) is 4.37. The molecule has 3 rings (SSSR count). The zero-order valence-corrected chi connectivity index (χ0v) is 14.2. The highest BCUT2D eigenvalue weighted by Crippen LogP contribution is 2.17. The number of carbonyl (C=O) groups excluding carboxylic acids is 1. The first kappa shape index (κ1) is 18.4. The molecular formula is C15H19F3N6O2. The van der Waals surface area contributed by atoms with Crippen molar-refractivity contribution < 1.29 is 18.0 Å². The maximum Gasteiger partial charge on any atom is 0.401 e. The molecule has 26 heavy (non-hydrogen) atoms. The summed E-state index contributed by atoms with van der Waals surface area (Å²) in [7, 11) is 1.66. The predicted octanol–water partition coefficient (Wildman–Crippen LogP) is 0.227. The number of hydrogen-bond donors (Lipinski definition) is 0. The van der Waals surface area contributed by atoms with Crippen LogP contribution >= 0.6 is 0 Å². The van der Waals surface area contributed by atoms with E-state index in [0.717, 1.165) is 0 Å². The SMILES string of the molecule is Cn1ncc2c(=O)n(CC(=O)N3CCCN(CC(F)(F)F)CC3)cnc21. The summed E-state index contributed by atoms with van der Waals surface area (Å²) in [6, 6.07) is 0. The van der Waals surface area contributed by atoms with Crippen LogP contribution in [0.25, 0.3) is 11.0 Å². The first-order valence-corrected chi connectivity index (χ1v) is 8.18. The summed E-state index contributed by atoms with van der Waals surface area (Å²) in [6.07, 6.45) is -1.11. The molecule has 0 N–H and O–H groups in total. The van der Waals surface area contributed by atoms with E-state index >= 15 is 0 Å². The van der Waals surface area contributed by atoms with Crippen LogP contribution in [0.1, 0.15) is 6.42 Å². The van der Waals surface area contributed by atoms with Crippen molar-refractivity contribution in [3.8, 4) is 0 Å². The van der Waals surface area contributed by atoms with Crippen LogP contribution in [-0.2, 0) is 18.4 Å². The Hall–Kier alpha value is -2.43. The number of amides is 1. The molecule has 1 amide bonds. The van der Waals surface area contributed by atoms with Gasteiger partial charge in [0.2, 0.25) is 5.91 Å². The van der Waals surface area contributed by atoms with Gasteiger partial charge < -0.3 is 4.90 Å². The van der Waals surface area contributed by atoms with Gasteiger partial charge in [0, 0.05) is 33.2 Å². The minimum atomic E-state index is -4.25. The van der Waals surface area contributed by atoms with Crippen LogP contribution in [0.4, 0.5) is 13.2 Å². The second-order valence-electron chi connectivity index (χ2n) is 6.31. The van der Waals surface area contributed by atoms with Gasteiger partial charge in [-0.3, -0.25) is 23.7 Å². The molecule has 1 saturated heterocycles. The fraction of sp³-hybridized carbons (Fsp3) is 0.600. The van der Waals surface area contributed by atoms with E-state index in [0.29, 0.717) is 24.0 Å². The number of hydrogen-bond acceptors (Lipinski definition) is 5. The van der Waals surface area contributed by atoms with E-state index < -0.39 is 12.7 Å². The second-order valence-corrected chi connectivity index (χ2v) is 6.31. The zero-order valence-electron chi connectivity index (χ0n) is 14.2. The van der Waals surface area contributed by atoms with Crippen LogP contribution in [0.5, 0.6) is 0 Å². The van der Waals surface area contributed by atoms with E-state index in [1.54, 1.807) is 7.05 Å². The van der Waals surface area contributed by atoms with E-state index in [1.807, 2.05) is 0 Å². The fourth-order valence-electron chi connectivity index (χ4n) is 3.06. The number of fused-ring (bicyclic) bond motifs is 1. The average Bonchev–Trinajstić information content (AvgIpc) is 2.78. The van der Waals surface area contributed by atoms with Gasteiger partial charge in [-0.05, 0) is 6.42 Å². The zero-order chi connectivity index (χ0) is 18.9. The van der Waals surface area contributed by atoms with E-state index in [4.69, 9.17) is 0 Å². The van der Waals surface area contributed by atoms with Crippen molar-refractivity contribution in [2.75, 3.05) is 32.7 Å². The van der Waals surface area contributed by atoms with Gasteiger partial charge in [-0.1, -0.05) is 0 Å². The highest BCUT2D eigenvalue weighted by Gasteiger charge is 2.31. The Morgan fingerprint density at radius 1 is 1.23 bits per heavy atom. The van der Waals surface area contributed by atoms with Crippen molar-refractivity contribution in [3.05, 3.63) is 22.9 Å². The lowest BCUT2D eigenvalue weighted by atomic mass is 10.3. The molecular weight excluding hydrogens is 353 g/mol. The predicted molar refractivity (Wildman–Crippen MR) is 86.5 cm³/mol. The van der Waals surface area contributed by atoms with Gasteiger partial charge in [0.15, 0.2) is 5.65 Å². The van der Waals surface area contributed by atoms with Crippen LogP contribution in [0.3, 0.4) is 0 Å². The fourth-order valence-corrected chi connectivity index (χ4v) is 3.06. The summed E-state index contributed by atoms with van der Waals surface area (Å²) < 4.78 is 40.2. The van der Waals surface area contributed by atoms with Crippen LogP contribution in [0.2, 0.25) is 0 Å². The highest BCUT2D eigenvalue weighted by atomic mass is 19.4. The van der Waals surface area contributed by atoms with Crippen molar-refractivity contribution in [2.24, 2.45) is 7.05 Å². The number of halogens is 3. The molecule has 0 saturated carbocycles. The van der Waals surface area contributed by atoms with E-state index in [9.17, 15) is 22.8 Å². The number of carbonyl (C=O) groups is 1. The van der Waals surface area contributed by atoms with Crippen molar-refractivity contribution in [1.29, 1.82) is 0 Å². The Labute approximate surface area is 146 Å². The monoisotopic (exact) mass is 372 g/mol. The Morgan fingerprint density at radius 3 is 2.73 bits per heavy atom. The van der Waals surface area contributed by atoms with E-state index in [-0.39, 0.29) is 37.6 Å². The Morgan fingerprint density at radius 2 is 2.00 bits per heavy atom. The summed E-state index contributed by atoms with van der Waals surface area (Å²) in [4.78, 5) is 31.8. The molecule has 0 unspecified atom stereocenters. The molecule has 3 heterocycles. The summed E-state index contributed by atoms with van der Waals surface area (Å²) in [5.41, 5.74) is 0.0567. The third-order valence-corrected chi connectivity index (χ3v) is 4.37. The standard InChI is InChI=1S/C15H19F3N6O2/c1-21-13-11(7-20-21)14(26)24(10-19-13)8-12(25)23-4-2-3-22(5-6-23)9-15(16,17)18/h7,10H,2-6,8-9H2,1H3. The van der Waals surface area contributed by atoms with Crippen LogP contribution in [0, 0.1) is 0 Å². The number of aromatic nitrogens is 4.